The van der Waals surface area contributed by atoms with Crippen LogP contribution in [0.2, 0.25) is 45.8 Å². The van der Waals surface area contributed by atoms with Crippen molar-refractivity contribution in [3.8, 4) is 0 Å². The molecule has 11 heteroatoms. The first kappa shape index (κ1) is 24.4. The van der Waals surface area contributed by atoms with E-state index in [0.29, 0.717) is 6.42 Å². The van der Waals surface area contributed by atoms with Gasteiger partial charge in [-0.3, -0.25) is 4.79 Å². The van der Waals surface area contributed by atoms with E-state index in [1.165, 1.54) is 0 Å². The standard InChI is InChI=1S/C9H11NO2.C7H22O4Si4/c10-8(9(11)12)6-7-4-2-1-3-5-7;1-12-8-13(2,3)10-15(6,7)11-14(4,5)9-12/h1-5,8H,6,10H2,(H,11,12);12H,1-7H3. The zero-order valence-electron chi connectivity index (χ0n) is 17.3. The summed E-state index contributed by atoms with van der Waals surface area (Å²) in [6.07, 6.45) is 0.385. The molecule has 1 unspecified atom stereocenters. The number of rotatable bonds is 3. The molecular formula is C16H33NO6Si4. The summed E-state index contributed by atoms with van der Waals surface area (Å²) in [5, 5.41) is 8.52. The summed E-state index contributed by atoms with van der Waals surface area (Å²) in [6.45, 7) is 14.5. The van der Waals surface area contributed by atoms with Gasteiger partial charge in [0, 0.05) is 0 Å². The van der Waals surface area contributed by atoms with Gasteiger partial charge < -0.3 is 27.3 Å². The molecule has 154 valence electrons. The fourth-order valence-corrected chi connectivity index (χ4v) is 21.3. The van der Waals surface area contributed by atoms with Gasteiger partial charge in [-0.1, -0.05) is 30.3 Å². The molecule has 0 radical (unpaired) electrons. The Labute approximate surface area is 167 Å². The zero-order chi connectivity index (χ0) is 20.9. The Balaban J connectivity index is 0.000000277. The first-order valence-electron chi connectivity index (χ1n) is 9.00. The Bertz CT molecular complexity index is 592. The van der Waals surface area contributed by atoms with Gasteiger partial charge >= 0.3 is 40.9 Å². The fraction of sp³-hybridized carbons (Fsp3) is 0.562. The van der Waals surface area contributed by atoms with Crippen LogP contribution in [0.15, 0.2) is 30.3 Å². The van der Waals surface area contributed by atoms with Crippen LogP contribution in [0, 0.1) is 0 Å². The van der Waals surface area contributed by atoms with E-state index in [2.05, 4.69) is 45.8 Å². The van der Waals surface area contributed by atoms with Gasteiger partial charge in [0.2, 0.25) is 0 Å². The number of carboxylic acid groups (broad SMARTS) is 1. The van der Waals surface area contributed by atoms with Gasteiger partial charge in [0.1, 0.15) is 6.04 Å². The summed E-state index contributed by atoms with van der Waals surface area (Å²) in [6, 6.07) is 8.54. The predicted octanol–water partition coefficient (Wildman–Crippen LogP) is 2.66. The summed E-state index contributed by atoms with van der Waals surface area (Å²) in [5.41, 5.74) is 6.30. The van der Waals surface area contributed by atoms with Crippen LogP contribution in [0.3, 0.4) is 0 Å². The Morgan fingerprint density at radius 2 is 1.44 bits per heavy atom. The van der Waals surface area contributed by atoms with Crippen LogP contribution in [-0.4, -0.2) is 52.1 Å². The van der Waals surface area contributed by atoms with E-state index in [9.17, 15) is 4.79 Å². The lowest BCUT2D eigenvalue weighted by molar-refractivity contribution is -0.138. The molecule has 1 aromatic rings. The molecule has 0 aromatic heterocycles. The van der Waals surface area contributed by atoms with E-state index in [0.717, 1.165) is 5.56 Å². The first-order chi connectivity index (χ1) is 12.2. The first-order valence-corrected chi connectivity index (χ1v) is 19.5. The van der Waals surface area contributed by atoms with Crippen LogP contribution in [0.4, 0.5) is 0 Å². The smallest absolute Gasteiger partial charge is 0.320 e. The fourth-order valence-electron chi connectivity index (χ4n) is 3.03. The minimum Gasteiger partial charge on any atom is -0.480 e. The summed E-state index contributed by atoms with van der Waals surface area (Å²) in [4.78, 5) is 10.4. The normalized spacial score (nSPS) is 22.5. The van der Waals surface area contributed by atoms with Crippen molar-refractivity contribution in [2.75, 3.05) is 0 Å². The quantitative estimate of drug-likeness (QED) is 0.687. The van der Waals surface area contributed by atoms with Gasteiger partial charge in [-0.2, -0.15) is 0 Å². The topological polar surface area (TPSA) is 100 Å². The summed E-state index contributed by atoms with van der Waals surface area (Å²) >= 11 is 0. The van der Waals surface area contributed by atoms with E-state index in [4.69, 9.17) is 27.3 Å². The molecule has 3 N–H and O–H groups in total. The highest BCUT2D eigenvalue weighted by molar-refractivity contribution is 6.89. The molecule has 0 amide bonds. The molecule has 0 spiro atoms. The molecule has 1 atom stereocenters. The zero-order valence-corrected chi connectivity index (χ0v) is 21.5. The monoisotopic (exact) mass is 447 g/mol. The third-order valence-corrected chi connectivity index (χ3v) is 18.6. The molecular weight excluding hydrogens is 415 g/mol. The van der Waals surface area contributed by atoms with E-state index < -0.39 is 47.0 Å². The van der Waals surface area contributed by atoms with Crippen LogP contribution in [0.1, 0.15) is 5.56 Å². The summed E-state index contributed by atoms with van der Waals surface area (Å²) in [7, 11) is -7.74. The summed E-state index contributed by atoms with van der Waals surface area (Å²) < 4.78 is 24.1. The van der Waals surface area contributed by atoms with Crippen LogP contribution in [0.25, 0.3) is 0 Å². The molecule has 1 saturated heterocycles. The van der Waals surface area contributed by atoms with Gasteiger partial charge in [0.15, 0.2) is 0 Å². The number of nitrogens with two attached hydrogens (primary N) is 1. The van der Waals surface area contributed by atoms with E-state index in [1.54, 1.807) is 0 Å². The van der Waals surface area contributed by atoms with Crippen molar-refractivity contribution in [3.05, 3.63) is 35.9 Å². The van der Waals surface area contributed by atoms with Gasteiger partial charge in [-0.25, -0.2) is 0 Å². The SMILES string of the molecule is C[SiH]1O[Si](C)(C)O[Si](C)(C)O[Si](C)(C)O1.NC(Cc1ccccc1)C(=O)O. The highest BCUT2D eigenvalue weighted by atomic mass is 28.5. The van der Waals surface area contributed by atoms with Crippen molar-refractivity contribution in [2.24, 2.45) is 5.73 Å². The highest BCUT2D eigenvalue weighted by Crippen LogP contribution is 2.26. The summed E-state index contributed by atoms with van der Waals surface area (Å²) in [5.74, 6) is -0.959. The Hall–Kier alpha value is -0.642. The second-order valence-electron chi connectivity index (χ2n) is 7.84. The lowest BCUT2D eigenvalue weighted by atomic mass is 10.1. The molecule has 1 heterocycles. The lowest BCUT2D eigenvalue weighted by Gasteiger charge is -2.43. The molecule has 1 aromatic carbocycles. The molecule has 7 nitrogen and oxygen atoms in total. The van der Waals surface area contributed by atoms with Gasteiger partial charge in [-0.15, -0.1) is 0 Å². The number of aliphatic carboxylic acids is 1. The van der Waals surface area contributed by atoms with E-state index in [-0.39, 0.29) is 0 Å². The Morgan fingerprint density at radius 1 is 1.00 bits per heavy atom. The number of hydrogen-bond donors (Lipinski definition) is 2. The molecule has 0 saturated carbocycles. The maximum absolute atomic E-state index is 10.4. The molecule has 0 bridgehead atoms. The van der Waals surface area contributed by atoms with Crippen molar-refractivity contribution in [1.29, 1.82) is 0 Å². The second-order valence-corrected chi connectivity index (χ2v) is 20.9. The Morgan fingerprint density at radius 3 is 1.85 bits per heavy atom. The van der Waals surface area contributed by atoms with Crippen molar-refractivity contribution >= 4 is 40.9 Å². The average Bonchev–Trinajstić information content (AvgIpc) is 2.43. The maximum atomic E-state index is 10.4. The van der Waals surface area contributed by atoms with Gasteiger partial charge in [0.05, 0.1) is 0 Å². The van der Waals surface area contributed by atoms with Crippen LogP contribution in [0.5, 0.6) is 0 Å². The highest BCUT2D eigenvalue weighted by Gasteiger charge is 2.46. The molecule has 0 aliphatic carbocycles. The third kappa shape index (κ3) is 9.91. The van der Waals surface area contributed by atoms with Crippen molar-refractivity contribution in [2.45, 2.75) is 58.3 Å². The minimum absolute atomic E-state index is 0.385. The van der Waals surface area contributed by atoms with Crippen molar-refractivity contribution in [1.82, 2.24) is 0 Å². The number of carbonyl (C=O) groups is 1. The van der Waals surface area contributed by atoms with Crippen molar-refractivity contribution < 1.29 is 26.4 Å². The molecule has 27 heavy (non-hydrogen) atoms. The van der Waals surface area contributed by atoms with Crippen LogP contribution in [-0.2, 0) is 27.7 Å². The molecule has 1 fully saturated rings. The maximum Gasteiger partial charge on any atom is 0.320 e. The minimum atomic E-state index is -2.08. The van der Waals surface area contributed by atoms with Crippen LogP contribution < -0.4 is 5.73 Å². The van der Waals surface area contributed by atoms with Crippen LogP contribution >= 0.6 is 0 Å². The largest absolute Gasteiger partial charge is 0.480 e. The predicted molar refractivity (Wildman–Crippen MR) is 116 cm³/mol. The number of hydrogen-bond acceptors (Lipinski definition) is 6. The van der Waals surface area contributed by atoms with Gasteiger partial charge in [0.25, 0.3) is 0 Å². The molecule has 1 aliphatic heterocycles. The van der Waals surface area contributed by atoms with E-state index >= 15 is 0 Å². The van der Waals surface area contributed by atoms with Gasteiger partial charge in [-0.05, 0) is 57.8 Å². The lowest BCUT2D eigenvalue weighted by Crippen LogP contribution is -2.60. The average molecular weight is 448 g/mol. The molecule has 2 rings (SSSR count). The molecule has 1 aliphatic rings. The number of carboxylic acids is 1. The second kappa shape index (κ2) is 9.71. The van der Waals surface area contributed by atoms with Crippen molar-refractivity contribution in [3.63, 3.8) is 0 Å². The van der Waals surface area contributed by atoms with E-state index in [1.807, 2.05) is 30.3 Å². The Kier molecular flexibility index (Phi) is 8.78. The number of benzene rings is 1. The third-order valence-electron chi connectivity index (χ3n) is 3.50.